The average Bonchev–Trinajstić information content (AvgIpc) is 2.39. The van der Waals surface area contributed by atoms with E-state index in [1.54, 1.807) is 0 Å². The zero-order chi connectivity index (χ0) is 13.8. The minimum Gasteiger partial charge on any atom is -0.349 e. The molecule has 1 aliphatic rings. The van der Waals surface area contributed by atoms with Crippen molar-refractivity contribution in [3.8, 4) is 0 Å². The Kier molecular flexibility index (Phi) is 6.50. The van der Waals surface area contributed by atoms with E-state index in [1.165, 1.54) is 18.4 Å². The fourth-order valence-corrected chi connectivity index (χ4v) is 2.78. The van der Waals surface area contributed by atoms with Crippen LogP contribution in [0.1, 0.15) is 41.3 Å². The molecule has 0 spiro atoms. The first-order valence-electron chi connectivity index (χ1n) is 7.17. The number of hydrogen-bond donors (Lipinski definition) is 2. The molecule has 3 nitrogen and oxygen atoms in total. The number of aryl methyl sites for hydroxylation is 2. The Bertz CT molecular complexity index is 456. The Labute approximate surface area is 127 Å². The summed E-state index contributed by atoms with van der Waals surface area (Å²) >= 11 is 0. The third kappa shape index (κ3) is 4.22. The van der Waals surface area contributed by atoms with Gasteiger partial charge in [0.05, 0.1) is 0 Å². The summed E-state index contributed by atoms with van der Waals surface area (Å²) in [6, 6.07) is 6.20. The van der Waals surface area contributed by atoms with Gasteiger partial charge in [-0.05, 0) is 64.3 Å². The van der Waals surface area contributed by atoms with Gasteiger partial charge in [0.15, 0.2) is 0 Å². The molecular weight excluding hydrogens is 272 g/mol. The van der Waals surface area contributed by atoms with Crippen LogP contribution in [0.4, 0.5) is 0 Å². The smallest absolute Gasteiger partial charge is 0.251 e. The molecular formula is C16H25ClN2O. The summed E-state index contributed by atoms with van der Waals surface area (Å²) in [5.41, 5.74) is 3.03. The molecule has 2 N–H and O–H groups in total. The Hall–Kier alpha value is -1.06. The van der Waals surface area contributed by atoms with Crippen molar-refractivity contribution in [3.05, 3.63) is 34.9 Å². The topological polar surface area (TPSA) is 41.1 Å². The second-order valence-corrected chi connectivity index (χ2v) is 5.69. The van der Waals surface area contributed by atoms with E-state index in [0.717, 1.165) is 24.2 Å². The molecule has 0 aromatic heterocycles. The molecule has 0 radical (unpaired) electrons. The maximum Gasteiger partial charge on any atom is 0.251 e. The van der Waals surface area contributed by atoms with Gasteiger partial charge in [-0.25, -0.2) is 0 Å². The van der Waals surface area contributed by atoms with Gasteiger partial charge < -0.3 is 10.6 Å². The SMILES string of the molecule is Cc1ccc(C(=O)NC(C)C2CCCNC2)c(C)c1.Cl. The molecule has 1 heterocycles. The van der Waals surface area contributed by atoms with Crippen molar-refractivity contribution in [2.24, 2.45) is 5.92 Å². The summed E-state index contributed by atoms with van der Waals surface area (Å²) in [6.45, 7) is 8.27. The highest BCUT2D eigenvalue weighted by Crippen LogP contribution is 2.16. The Morgan fingerprint density at radius 2 is 2.15 bits per heavy atom. The standard InChI is InChI=1S/C16H24N2O.ClH/c1-11-6-7-15(12(2)9-11)16(19)18-13(3)14-5-4-8-17-10-14;/h6-7,9,13-14,17H,4-5,8,10H2,1-3H3,(H,18,19);1H. The summed E-state index contributed by atoms with van der Waals surface area (Å²) < 4.78 is 0. The van der Waals surface area contributed by atoms with Crippen molar-refractivity contribution in [3.63, 3.8) is 0 Å². The molecule has 1 aromatic carbocycles. The predicted molar refractivity (Wildman–Crippen MR) is 85.7 cm³/mol. The first kappa shape index (κ1) is 17.0. The fraction of sp³-hybridized carbons (Fsp3) is 0.562. The van der Waals surface area contributed by atoms with Gasteiger partial charge in [0.2, 0.25) is 0 Å². The van der Waals surface area contributed by atoms with Crippen LogP contribution in [0.2, 0.25) is 0 Å². The van der Waals surface area contributed by atoms with Crippen molar-refractivity contribution in [2.45, 2.75) is 39.7 Å². The molecule has 0 aliphatic carbocycles. The molecule has 2 unspecified atom stereocenters. The molecule has 112 valence electrons. The molecule has 1 saturated heterocycles. The van der Waals surface area contributed by atoms with Crippen LogP contribution in [0, 0.1) is 19.8 Å². The van der Waals surface area contributed by atoms with Crippen LogP contribution in [0.5, 0.6) is 0 Å². The second-order valence-electron chi connectivity index (χ2n) is 5.69. The minimum atomic E-state index is 0. The van der Waals surface area contributed by atoms with Crippen LogP contribution in [0.25, 0.3) is 0 Å². The lowest BCUT2D eigenvalue weighted by atomic mass is 9.92. The Morgan fingerprint density at radius 1 is 1.40 bits per heavy atom. The number of carbonyl (C=O) groups excluding carboxylic acids is 1. The maximum absolute atomic E-state index is 12.3. The highest BCUT2D eigenvalue weighted by atomic mass is 35.5. The minimum absolute atomic E-state index is 0. The fourth-order valence-electron chi connectivity index (χ4n) is 2.78. The van der Waals surface area contributed by atoms with Gasteiger partial charge in [-0.3, -0.25) is 4.79 Å². The number of rotatable bonds is 3. The van der Waals surface area contributed by atoms with Gasteiger partial charge in [0, 0.05) is 11.6 Å². The van der Waals surface area contributed by atoms with E-state index in [9.17, 15) is 4.79 Å². The van der Waals surface area contributed by atoms with E-state index >= 15 is 0 Å². The number of piperidine rings is 1. The van der Waals surface area contributed by atoms with Gasteiger partial charge >= 0.3 is 0 Å². The monoisotopic (exact) mass is 296 g/mol. The van der Waals surface area contributed by atoms with E-state index in [-0.39, 0.29) is 24.4 Å². The molecule has 0 bridgehead atoms. The summed E-state index contributed by atoms with van der Waals surface area (Å²) in [5, 5.41) is 6.54. The number of amides is 1. The quantitative estimate of drug-likeness (QED) is 0.900. The molecule has 1 fully saturated rings. The van der Waals surface area contributed by atoms with Gasteiger partial charge in [0.1, 0.15) is 0 Å². The second kappa shape index (κ2) is 7.65. The number of nitrogens with one attached hydrogen (secondary N) is 2. The summed E-state index contributed by atoms with van der Waals surface area (Å²) in [6.07, 6.45) is 2.40. The van der Waals surface area contributed by atoms with Gasteiger partial charge in [-0.1, -0.05) is 17.7 Å². The zero-order valence-corrected chi connectivity index (χ0v) is 13.3. The maximum atomic E-state index is 12.3. The normalized spacial score (nSPS) is 19.9. The lowest BCUT2D eigenvalue weighted by Gasteiger charge is -2.29. The van der Waals surface area contributed by atoms with Crippen molar-refractivity contribution in [1.82, 2.24) is 10.6 Å². The zero-order valence-electron chi connectivity index (χ0n) is 12.5. The first-order valence-corrected chi connectivity index (χ1v) is 7.17. The van der Waals surface area contributed by atoms with Crippen molar-refractivity contribution in [1.29, 1.82) is 0 Å². The Balaban J connectivity index is 0.00000200. The third-order valence-electron chi connectivity index (χ3n) is 4.03. The van der Waals surface area contributed by atoms with Crippen molar-refractivity contribution < 1.29 is 4.79 Å². The number of benzene rings is 1. The highest BCUT2D eigenvalue weighted by Gasteiger charge is 2.22. The van der Waals surface area contributed by atoms with E-state index in [0.29, 0.717) is 5.92 Å². The van der Waals surface area contributed by atoms with Gasteiger partial charge in [0.25, 0.3) is 5.91 Å². The highest BCUT2D eigenvalue weighted by molar-refractivity contribution is 5.95. The van der Waals surface area contributed by atoms with Crippen LogP contribution in [0.3, 0.4) is 0 Å². The summed E-state index contributed by atoms with van der Waals surface area (Å²) in [5.74, 6) is 0.596. The molecule has 0 saturated carbocycles. The van der Waals surface area contributed by atoms with Crippen LogP contribution in [-0.4, -0.2) is 25.0 Å². The van der Waals surface area contributed by atoms with Crippen LogP contribution >= 0.6 is 12.4 Å². The summed E-state index contributed by atoms with van der Waals surface area (Å²) in [4.78, 5) is 12.3. The Morgan fingerprint density at radius 3 is 2.75 bits per heavy atom. The summed E-state index contributed by atoms with van der Waals surface area (Å²) in [7, 11) is 0. The number of carbonyl (C=O) groups is 1. The van der Waals surface area contributed by atoms with E-state index in [2.05, 4.69) is 23.6 Å². The lowest BCUT2D eigenvalue weighted by Crippen LogP contribution is -2.44. The largest absolute Gasteiger partial charge is 0.349 e. The van der Waals surface area contributed by atoms with Gasteiger partial charge in [-0.15, -0.1) is 12.4 Å². The predicted octanol–water partition coefficient (Wildman–Crippen LogP) is 2.84. The average molecular weight is 297 g/mol. The molecule has 20 heavy (non-hydrogen) atoms. The molecule has 1 aromatic rings. The van der Waals surface area contributed by atoms with Crippen LogP contribution in [0.15, 0.2) is 18.2 Å². The molecule has 4 heteroatoms. The third-order valence-corrected chi connectivity index (χ3v) is 4.03. The number of hydrogen-bond acceptors (Lipinski definition) is 2. The van der Waals surface area contributed by atoms with Crippen molar-refractivity contribution >= 4 is 18.3 Å². The van der Waals surface area contributed by atoms with E-state index in [1.807, 2.05) is 26.0 Å². The van der Waals surface area contributed by atoms with Crippen molar-refractivity contribution in [2.75, 3.05) is 13.1 Å². The molecule has 1 aliphatic heterocycles. The lowest BCUT2D eigenvalue weighted by molar-refractivity contribution is 0.0921. The molecule has 2 rings (SSSR count). The van der Waals surface area contributed by atoms with E-state index in [4.69, 9.17) is 0 Å². The van der Waals surface area contributed by atoms with Gasteiger partial charge in [-0.2, -0.15) is 0 Å². The number of halogens is 1. The van der Waals surface area contributed by atoms with Crippen LogP contribution in [-0.2, 0) is 0 Å². The van der Waals surface area contributed by atoms with E-state index < -0.39 is 0 Å². The van der Waals surface area contributed by atoms with Crippen LogP contribution < -0.4 is 10.6 Å². The first-order chi connectivity index (χ1) is 9.08. The molecule has 2 atom stereocenters. The molecule has 1 amide bonds.